The fourth-order valence-corrected chi connectivity index (χ4v) is 4.18. The summed E-state index contributed by atoms with van der Waals surface area (Å²) in [6, 6.07) is 11.1. The number of amides is 2. The quantitative estimate of drug-likeness (QED) is 0.643. The topological polar surface area (TPSA) is 107 Å². The lowest BCUT2D eigenvalue weighted by Gasteiger charge is -2.22. The number of carboxylic acids is 1. The summed E-state index contributed by atoms with van der Waals surface area (Å²) >= 11 is 3.31. The number of hydrogen-bond acceptors (Lipinski definition) is 5. The van der Waals surface area contributed by atoms with Gasteiger partial charge in [0.15, 0.2) is 0 Å². The summed E-state index contributed by atoms with van der Waals surface area (Å²) in [6.07, 6.45) is 0. The number of nitrogens with zero attached hydrogens (tertiary/aromatic N) is 1. The SMILES string of the molecule is O=C(O)[C@@H]1N[C@H](c2ccccc2O)[C@@H]2C(=O)N(c3ccc(Br)cc3)C(=O)[C@H]21. The molecule has 138 valence electrons. The Morgan fingerprint density at radius 3 is 2.26 bits per heavy atom. The number of phenols is 1. The van der Waals surface area contributed by atoms with Crippen LogP contribution in [0.15, 0.2) is 53.0 Å². The lowest BCUT2D eigenvalue weighted by atomic mass is 9.86. The number of carbonyl (C=O) groups excluding carboxylic acids is 2. The molecule has 0 bridgehead atoms. The van der Waals surface area contributed by atoms with Gasteiger partial charge in [-0.1, -0.05) is 34.1 Å². The fraction of sp³-hybridized carbons (Fsp3) is 0.211. The molecule has 3 N–H and O–H groups in total. The number of benzene rings is 2. The van der Waals surface area contributed by atoms with Gasteiger partial charge in [0.05, 0.1) is 17.5 Å². The maximum Gasteiger partial charge on any atom is 0.321 e. The van der Waals surface area contributed by atoms with Crippen LogP contribution in [0.5, 0.6) is 5.75 Å². The molecule has 0 aromatic heterocycles. The van der Waals surface area contributed by atoms with Crippen LogP contribution in [0.25, 0.3) is 0 Å². The number of para-hydroxylation sites is 1. The molecule has 27 heavy (non-hydrogen) atoms. The van der Waals surface area contributed by atoms with Crippen molar-refractivity contribution in [2.75, 3.05) is 4.90 Å². The Hall–Kier alpha value is -2.71. The second-order valence-corrected chi connectivity index (χ2v) is 7.47. The fourth-order valence-electron chi connectivity index (χ4n) is 3.92. The second-order valence-electron chi connectivity index (χ2n) is 6.56. The Labute approximate surface area is 162 Å². The summed E-state index contributed by atoms with van der Waals surface area (Å²) in [4.78, 5) is 38.9. The van der Waals surface area contributed by atoms with Gasteiger partial charge in [-0.15, -0.1) is 0 Å². The predicted octanol–water partition coefficient (Wildman–Crippen LogP) is 2.06. The van der Waals surface area contributed by atoms with Crippen molar-refractivity contribution in [3.63, 3.8) is 0 Å². The molecule has 2 aromatic rings. The van der Waals surface area contributed by atoms with Crippen LogP contribution in [0.2, 0.25) is 0 Å². The summed E-state index contributed by atoms with van der Waals surface area (Å²) in [5, 5.41) is 22.6. The van der Waals surface area contributed by atoms with Gasteiger partial charge in [-0.3, -0.25) is 19.7 Å². The molecule has 0 spiro atoms. The normalized spacial score (nSPS) is 27.1. The van der Waals surface area contributed by atoms with Crippen molar-refractivity contribution in [3.8, 4) is 5.75 Å². The first-order chi connectivity index (χ1) is 12.9. The molecule has 2 heterocycles. The smallest absolute Gasteiger partial charge is 0.321 e. The minimum Gasteiger partial charge on any atom is -0.508 e. The van der Waals surface area contributed by atoms with Crippen LogP contribution in [0, 0.1) is 11.8 Å². The summed E-state index contributed by atoms with van der Waals surface area (Å²) in [6.45, 7) is 0. The number of phenolic OH excluding ortho intramolecular Hbond substituents is 1. The first kappa shape index (κ1) is 17.7. The number of imide groups is 1. The van der Waals surface area contributed by atoms with Gasteiger partial charge in [0.2, 0.25) is 11.8 Å². The molecule has 4 rings (SSSR count). The molecule has 2 aliphatic heterocycles. The number of hydrogen-bond donors (Lipinski definition) is 3. The van der Waals surface area contributed by atoms with Crippen molar-refractivity contribution in [1.29, 1.82) is 0 Å². The van der Waals surface area contributed by atoms with Crippen LogP contribution in [-0.4, -0.2) is 34.0 Å². The van der Waals surface area contributed by atoms with E-state index in [1.54, 1.807) is 42.5 Å². The van der Waals surface area contributed by atoms with Crippen LogP contribution >= 0.6 is 15.9 Å². The number of carboxylic acid groups (broad SMARTS) is 1. The molecule has 2 saturated heterocycles. The Bertz CT molecular complexity index is 945. The summed E-state index contributed by atoms with van der Waals surface area (Å²) in [7, 11) is 0. The zero-order chi connectivity index (χ0) is 19.3. The summed E-state index contributed by atoms with van der Waals surface area (Å²) in [5.41, 5.74) is 0.790. The largest absolute Gasteiger partial charge is 0.508 e. The molecule has 8 heteroatoms. The van der Waals surface area contributed by atoms with E-state index in [2.05, 4.69) is 21.2 Å². The second kappa shape index (κ2) is 6.47. The number of fused-ring (bicyclic) bond motifs is 1. The molecule has 2 aromatic carbocycles. The van der Waals surface area contributed by atoms with Crippen molar-refractivity contribution < 1.29 is 24.6 Å². The van der Waals surface area contributed by atoms with Crippen LogP contribution in [-0.2, 0) is 14.4 Å². The molecule has 0 aliphatic carbocycles. The predicted molar refractivity (Wildman–Crippen MR) is 99.0 cm³/mol. The minimum absolute atomic E-state index is 0.0536. The molecule has 2 amide bonds. The highest BCUT2D eigenvalue weighted by molar-refractivity contribution is 9.10. The van der Waals surface area contributed by atoms with Crippen LogP contribution in [0.3, 0.4) is 0 Å². The Kier molecular flexibility index (Phi) is 4.24. The van der Waals surface area contributed by atoms with Gasteiger partial charge in [0.25, 0.3) is 0 Å². The zero-order valence-corrected chi connectivity index (χ0v) is 15.5. The van der Waals surface area contributed by atoms with E-state index >= 15 is 0 Å². The van der Waals surface area contributed by atoms with Crippen molar-refractivity contribution in [3.05, 3.63) is 58.6 Å². The number of aromatic hydroxyl groups is 1. The lowest BCUT2D eigenvalue weighted by Crippen LogP contribution is -2.43. The zero-order valence-electron chi connectivity index (χ0n) is 13.9. The Balaban J connectivity index is 1.79. The maximum absolute atomic E-state index is 13.1. The van der Waals surface area contributed by atoms with E-state index in [-0.39, 0.29) is 5.75 Å². The summed E-state index contributed by atoms with van der Waals surface area (Å²) in [5.74, 6) is -4.23. The van der Waals surface area contributed by atoms with E-state index in [0.717, 1.165) is 9.37 Å². The highest BCUT2D eigenvalue weighted by Crippen LogP contribution is 2.46. The van der Waals surface area contributed by atoms with E-state index in [1.165, 1.54) is 6.07 Å². The van der Waals surface area contributed by atoms with Gasteiger partial charge in [0, 0.05) is 16.1 Å². The molecule has 7 nitrogen and oxygen atoms in total. The highest BCUT2D eigenvalue weighted by atomic mass is 79.9. The van der Waals surface area contributed by atoms with Crippen molar-refractivity contribution >= 4 is 39.4 Å². The van der Waals surface area contributed by atoms with Gasteiger partial charge in [-0.05, 0) is 30.3 Å². The third-order valence-corrected chi connectivity index (χ3v) is 5.63. The number of carbonyl (C=O) groups is 3. The molecule has 0 unspecified atom stereocenters. The van der Waals surface area contributed by atoms with Crippen molar-refractivity contribution in [2.24, 2.45) is 11.8 Å². The third-order valence-electron chi connectivity index (χ3n) is 5.10. The first-order valence-electron chi connectivity index (χ1n) is 8.30. The van der Waals surface area contributed by atoms with Gasteiger partial charge in [-0.2, -0.15) is 0 Å². The van der Waals surface area contributed by atoms with E-state index in [0.29, 0.717) is 11.3 Å². The van der Waals surface area contributed by atoms with E-state index in [4.69, 9.17) is 0 Å². The Morgan fingerprint density at radius 2 is 1.63 bits per heavy atom. The molecular formula is C19H15BrN2O5. The molecule has 2 aliphatic rings. The van der Waals surface area contributed by atoms with E-state index in [1.807, 2.05) is 0 Å². The maximum atomic E-state index is 13.1. The van der Waals surface area contributed by atoms with Crippen LogP contribution < -0.4 is 10.2 Å². The molecule has 2 fully saturated rings. The molecule has 0 radical (unpaired) electrons. The average molecular weight is 431 g/mol. The van der Waals surface area contributed by atoms with Gasteiger partial charge < -0.3 is 10.2 Å². The number of nitrogens with one attached hydrogen (secondary N) is 1. The summed E-state index contributed by atoms with van der Waals surface area (Å²) < 4.78 is 0.794. The van der Waals surface area contributed by atoms with Crippen LogP contribution in [0.1, 0.15) is 11.6 Å². The average Bonchev–Trinajstić information content (AvgIpc) is 3.14. The van der Waals surface area contributed by atoms with E-state index < -0.39 is 41.7 Å². The van der Waals surface area contributed by atoms with Crippen molar-refractivity contribution in [2.45, 2.75) is 12.1 Å². The standard InChI is InChI=1S/C19H15BrN2O5/c20-9-5-7-10(8-6-9)22-17(24)13-14(18(22)25)16(19(26)27)21-15(13)11-3-1-2-4-12(11)23/h1-8,13-16,21,23H,(H,26,27)/t13-,14-,15-,16-/m1/s1. The van der Waals surface area contributed by atoms with Gasteiger partial charge >= 0.3 is 5.97 Å². The van der Waals surface area contributed by atoms with Crippen LogP contribution in [0.4, 0.5) is 5.69 Å². The molecule has 4 atom stereocenters. The monoisotopic (exact) mass is 430 g/mol. The van der Waals surface area contributed by atoms with Gasteiger partial charge in [0.1, 0.15) is 11.8 Å². The molecule has 0 saturated carbocycles. The first-order valence-corrected chi connectivity index (χ1v) is 9.09. The highest BCUT2D eigenvalue weighted by Gasteiger charge is 2.61. The number of anilines is 1. The van der Waals surface area contributed by atoms with E-state index in [9.17, 15) is 24.6 Å². The number of aliphatic carboxylic acids is 1. The van der Waals surface area contributed by atoms with Gasteiger partial charge in [-0.25, -0.2) is 4.90 Å². The lowest BCUT2D eigenvalue weighted by molar-refractivity contribution is -0.142. The number of halogens is 1. The third kappa shape index (κ3) is 2.72. The minimum atomic E-state index is -1.21. The van der Waals surface area contributed by atoms with Crippen molar-refractivity contribution in [1.82, 2.24) is 5.32 Å². The number of rotatable bonds is 3. The Morgan fingerprint density at radius 1 is 1.00 bits per heavy atom. The molecular weight excluding hydrogens is 416 g/mol.